The molecule has 402 valence electrons. The molecule has 1 aromatic heterocycles. The van der Waals surface area contributed by atoms with Crippen LogP contribution in [0.4, 0.5) is 5.82 Å². The molecule has 0 bridgehead atoms. The first-order valence-electron chi connectivity index (χ1n) is 27.2. The standard InChI is InChI=1S/C60H79ClN8O6/c1-37(40-10-12-41(13-11-40)46-18-22-63-38(46)2)65-56(74)48-31-44(70)30-47(48)54(73)55(58(3,4)5)66-53(72)36-68-28-26-67(27-29-68)23-19-39-20-24-69(25-21-39)52-17-15-43(35-64-52)50(71)33-51-59(6,7)57(60(51,8)9)75-45-16-14-42(34-62)49(61)32-45/h10-17,22,32,35,37,39,44,47-48,51,55,57,70H,18-21,23-31,33,36H2,1-9H3,(H,65,74)(H,66,72)/t37-,44-,47?,48?,51?,55?,57?/m0/s1. The topological polar surface area (TPSA) is 181 Å². The molecule has 4 heterocycles. The third-order valence-corrected chi connectivity index (χ3v) is 17.7. The number of piperidine rings is 1. The van der Waals surface area contributed by atoms with E-state index in [0.29, 0.717) is 34.2 Å². The number of carbonyl (C=O) groups excluding carboxylic acids is 4. The van der Waals surface area contributed by atoms with Crippen molar-refractivity contribution in [3.8, 4) is 11.8 Å². The average molecular weight is 1040 g/mol. The second-order valence-corrected chi connectivity index (χ2v) is 24.8. The van der Waals surface area contributed by atoms with Gasteiger partial charge in [-0.05, 0) is 111 Å². The fourth-order valence-electron chi connectivity index (χ4n) is 13.0. The van der Waals surface area contributed by atoms with Gasteiger partial charge in [-0.3, -0.25) is 29.1 Å². The Balaban J connectivity index is 0.742. The predicted octanol–water partition coefficient (Wildman–Crippen LogP) is 9.10. The number of hydrogen-bond donors (Lipinski definition) is 3. The molecular weight excluding hydrogens is 964 g/mol. The van der Waals surface area contributed by atoms with Crippen molar-refractivity contribution >= 4 is 52.6 Å². The summed E-state index contributed by atoms with van der Waals surface area (Å²) >= 11 is 6.28. The lowest BCUT2D eigenvalue weighted by Crippen LogP contribution is -2.66. The number of aliphatic hydroxyl groups excluding tert-OH is 1. The number of ketones is 2. The highest BCUT2D eigenvalue weighted by molar-refractivity contribution is 6.31. The van der Waals surface area contributed by atoms with Crippen molar-refractivity contribution in [2.75, 3.05) is 57.3 Å². The largest absolute Gasteiger partial charge is 0.489 e. The number of aromatic nitrogens is 1. The molecule has 4 fully saturated rings. The summed E-state index contributed by atoms with van der Waals surface area (Å²) in [6.07, 6.45) is 7.59. The first kappa shape index (κ1) is 55.8. The second-order valence-electron chi connectivity index (χ2n) is 24.4. The number of rotatable bonds is 18. The van der Waals surface area contributed by atoms with Crippen LogP contribution in [0.25, 0.3) is 5.57 Å². The summed E-state index contributed by atoms with van der Waals surface area (Å²) in [7, 11) is 0. The summed E-state index contributed by atoms with van der Waals surface area (Å²) in [6.45, 7) is 24.6. The molecule has 0 spiro atoms. The normalized spacial score (nSPS) is 24.8. The van der Waals surface area contributed by atoms with Crippen LogP contribution in [0.1, 0.15) is 140 Å². The minimum Gasteiger partial charge on any atom is -0.489 e. The van der Waals surface area contributed by atoms with Crippen LogP contribution in [0.15, 0.2) is 71.5 Å². The van der Waals surface area contributed by atoms with Crippen molar-refractivity contribution in [2.24, 2.45) is 44.9 Å². The van der Waals surface area contributed by atoms with Crippen LogP contribution in [-0.2, 0) is 14.4 Å². The monoisotopic (exact) mass is 1040 g/mol. The molecule has 2 aliphatic carbocycles. The van der Waals surface area contributed by atoms with Crippen molar-refractivity contribution < 1.29 is 29.0 Å². The molecule has 2 saturated heterocycles. The Kier molecular flexibility index (Phi) is 17.1. The highest BCUT2D eigenvalue weighted by atomic mass is 35.5. The smallest absolute Gasteiger partial charge is 0.234 e. The molecular formula is C60H79ClN8O6. The molecule has 2 amide bonds. The maximum Gasteiger partial charge on any atom is 0.234 e. The number of pyridine rings is 1. The van der Waals surface area contributed by atoms with Gasteiger partial charge in [0.25, 0.3) is 0 Å². The Hall–Kier alpha value is -5.46. The summed E-state index contributed by atoms with van der Waals surface area (Å²) in [5, 5.41) is 26.6. The van der Waals surface area contributed by atoms with E-state index in [1.54, 1.807) is 24.4 Å². The quantitative estimate of drug-likeness (QED) is 0.103. The van der Waals surface area contributed by atoms with E-state index in [4.69, 9.17) is 21.3 Å². The summed E-state index contributed by atoms with van der Waals surface area (Å²) in [5.41, 5.74) is 4.16. The SMILES string of the molecule is CC1=C(c2ccc([C@H](C)NC(=O)C3C[C@@H](O)CC3C(=O)C(NC(=O)CN3CCN(CCC4CCN(c5ccc(C(=O)CC6C(C)(C)C(Oc7ccc(C#N)c(Cl)c7)C6(C)C)cn5)CC4)CC3)C(C)(C)C)cc2)CC=N1. The van der Waals surface area contributed by atoms with Gasteiger partial charge in [0.1, 0.15) is 23.7 Å². The van der Waals surface area contributed by atoms with E-state index in [1.165, 1.54) is 5.57 Å². The number of Topliss-reactive ketones (excluding diaryl/α,β-unsaturated/α-hetero) is 2. The van der Waals surface area contributed by atoms with E-state index >= 15 is 0 Å². The van der Waals surface area contributed by atoms with Crippen LogP contribution >= 0.6 is 11.6 Å². The summed E-state index contributed by atoms with van der Waals surface area (Å²) < 4.78 is 6.43. The molecule has 8 rings (SSSR count). The van der Waals surface area contributed by atoms with E-state index in [0.717, 1.165) is 94.1 Å². The third-order valence-electron chi connectivity index (χ3n) is 17.4. The first-order chi connectivity index (χ1) is 35.5. The van der Waals surface area contributed by atoms with E-state index in [2.05, 4.69) is 76.2 Å². The number of halogens is 1. The number of nitrogens with one attached hydrogen (secondary N) is 2. The minimum atomic E-state index is -0.812. The molecule has 2 saturated carbocycles. The van der Waals surface area contributed by atoms with Crippen LogP contribution < -0.4 is 20.3 Å². The number of piperazine rings is 1. The number of amides is 2. The van der Waals surface area contributed by atoms with Crippen molar-refractivity contribution in [3.63, 3.8) is 0 Å². The zero-order valence-corrected chi connectivity index (χ0v) is 46.4. The van der Waals surface area contributed by atoms with Gasteiger partial charge in [0.15, 0.2) is 11.6 Å². The number of nitrogens with zero attached hydrogens (tertiary/aromatic N) is 6. The zero-order valence-electron chi connectivity index (χ0n) is 45.6. The van der Waals surface area contributed by atoms with Crippen molar-refractivity contribution in [1.82, 2.24) is 25.4 Å². The van der Waals surface area contributed by atoms with E-state index in [9.17, 15) is 29.5 Å². The van der Waals surface area contributed by atoms with Crippen molar-refractivity contribution in [1.29, 1.82) is 5.26 Å². The Morgan fingerprint density at radius 1 is 0.907 bits per heavy atom. The molecule has 14 nitrogen and oxygen atoms in total. The maximum absolute atomic E-state index is 14.4. The van der Waals surface area contributed by atoms with Gasteiger partial charge in [-0.15, -0.1) is 0 Å². The number of ether oxygens (including phenoxy) is 1. The van der Waals surface area contributed by atoms with Crippen molar-refractivity contribution in [2.45, 2.75) is 132 Å². The summed E-state index contributed by atoms with van der Waals surface area (Å²) in [6, 6.07) is 18.1. The molecule has 5 atom stereocenters. The third kappa shape index (κ3) is 12.7. The Morgan fingerprint density at radius 3 is 2.17 bits per heavy atom. The van der Waals surface area contributed by atoms with Gasteiger partial charge < -0.3 is 30.3 Å². The van der Waals surface area contributed by atoms with Gasteiger partial charge in [-0.25, -0.2) is 4.98 Å². The van der Waals surface area contributed by atoms with Crippen LogP contribution in [-0.4, -0.2) is 120 Å². The lowest BCUT2D eigenvalue weighted by atomic mass is 9.44. The van der Waals surface area contributed by atoms with Gasteiger partial charge in [-0.1, -0.05) is 84.3 Å². The second kappa shape index (κ2) is 23.0. The summed E-state index contributed by atoms with van der Waals surface area (Å²) in [4.78, 5) is 71.6. The van der Waals surface area contributed by atoms with Crippen LogP contribution in [0.2, 0.25) is 5.02 Å². The number of anilines is 1. The molecule has 0 radical (unpaired) electrons. The van der Waals surface area contributed by atoms with Crippen LogP contribution in [0.5, 0.6) is 5.75 Å². The molecule has 3 unspecified atom stereocenters. The summed E-state index contributed by atoms with van der Waals surface area (Å²) in [5.74, 6) is 0.234. The van der Waals surface area contributed by atoms with Gasteiger partial charge in [0.2, 0.25) is 11.8 Å². The molecule has 3 aromatic rings. The molecule has 75 heavy (non-hydrogen) atoms. The predicted molar refractivity (Wildman–Crippen MR) is 295 cm³/mol. The Bertz CT molecular complexity index is 2660. The number of nitriles is 1. The number of benzene rings is 2. The number of aliphatic imine (C=N–C) groups is 1. The molecule has 15 heteroatoms. The average Bonchev–Trinajstić information content (AvgIpc) is 4.00. The van der Waals surface area contributed by atoms with Gasteiger partial charge in [0.05, 0.1) is 41.2 Å². The maximum atomic E-state index is 14.4. The first-order valence-corrected chi connectivity index (χ1v) is 27.6. The lowest BCUT2D eigenvalue weighted by molar-refractivity contribution is -0.196. The molecule has 3 N–H and O–H groups in total. The van der Waals surface area contributed by atoms with E-state index < -0.39 is 29.4 Å². The number of allylic oxidation sites excluding steroid dienone is 2. The van der Waals surface area contributed by atoms with Crippen LogP contribution in [0.3, 0.4) is 0 Å². The highest BCUT2D eigenvalue weighted by Gasteiger charge is 2.63. The fraction of sp³-hybridized carbons (Fsp3) is 0.583. The zero-order chi connectivity index (χ0) is 54.0. The highest BCUT2D eigenvalue weighted by Crippen LogP contribution is 2.62. The lowest BCUT2D eigenvalue weighted by Gasteiger charge is -2.63. The van der Waals surface area contributed by atoms with Gasteiger partial charge in [-0.2, -0.15) is 5.26 Å². The number of carbonyl (C=O) groups is 4. The molecule has 2 aromatic carbocycles. The van der Waals surface area contributed by atoms with E-state index in [1.807, 2.05) is 65.1 Å². The minimum absolute atomic E-state index is 0.0790. The fourth-order valence-corrected chi connectivity index (χ4v) is 13.2. The number of hydrogen-bond acceptors (Lipinski definition) is 12. The van der Waals surface area contributed by atoms with Gasteiger partial charge >= 0.3 is 0 Å². The molecule has 3 aliphatic heterocycles. The molecule has 5 aliphatic rings. The van der Waals surface area contributed by atoms with E-state index in [-0.39, 0.29) is 71.7 Å². The van der Waals surface area contributed by atoms with Crippen molar-refractivity contribution in [3.05, 3.63) is 93.8 Å². The van der Waals surface area contributed by atoms with Crippen LogP contribution in [0, 0.1) is 51.2 Å². The van der Waals surface area contributed by atoms with Gasteiger partial charge in [0, 0.05) is 98.6 Å². The number of aliphatic hydroxyl groups is 1. The Morgan fingerprint density at radius 2 is 1.57 bits per heavy atom. The Labute approximate surface area is 449 Å².